The fourth-order valence-electron chi connectivity index (χ4n) is 4.81. The van der Waals surface area contributed by atoms with Crippen molar-refractivity contribution in [3.05, 3.63) is 121 Å². The van der Waals surface area contributed by atoms with E-state index in [1.807, 2.05) is 0 Å². The van der Waals surface area contributed by atoms with Crippen molar-refractivity contribution in [1.82, 2.24) is 0 Å². The Balaban J connectivity index is 0.00000361. The van der Waals surface area contributed by atoms with Gasteiger partial charge in [-0.2, -0.15) is 0 Å². The molecule has 0 aromatic heterocycles. The fraction of sp³-hybridized carbons (Fsp3) is 0.273. The first kappa shape index (κ1) is 28.2. The Bertz CT molecular complexity index is 1020. The van der Waals surface area contributed by atoms with Gasteiger partial charge in [-0.05, 0) is 60.5 Å². The summed E-state index contributed by atoms with van der Waals surface area (Å²) in [5.41, 5.74) is 1.35. The molecule has 0 aliphatic rings. The number of benzene rings is 4. The number of ether oxygens (including phenoxy) is 1. The van der Waals surface area contributed by atoms with Gasteiger partial charge in [-0.1, -0.05) is 106 Å². The second kappa shape index (κ2) is 15.0. The zero-order valence-corrected chi connectivity index (χ0v) is 23.8. The lowest BCUT2D eigenvalue weighted by Crippen LogP contribution is -3.00. The molecule has 0 saturated carbocycles. The molecular formula is C33H38BrOP. The molecule has 4 aromatic rings. The minimum atomic E-state index is -1.87. The maximum atomic E-state index is 6.06. The van der Waals surface area contributed by atoms with Crippen LogP contribution in [0.5, 0.6) is 5.75 Å². The van der Waals surface area contributed by atoms with Gasteiger partial charge in [0.25, 0.3) is 0 Å². The van der Waals surface area contributed by atoms with Crippen molar-refractivity contribution in [3.63, 3.8) is 0 Å². The number of halogens is 1. The van der Waals surface area contributed by atoms with E-state index in [0.717, 1.165) is 24.9 Å². The van der Waals surface area contributed by atoms with Crippen molar-refractivity contribution in [2.24, 2.45) is 0 Å². The van der Waals surface area contributed by atoms with Gasteiger partial charge in [0.05, 0.1) is 12.8 Å². The molecule has 0 fully saturated rings. The standard InChI is InChI=1S/C33H38OP.BrH/c1-2-3-4-5-6-16-27-34-30-25-23-29(24-26-30)28-35(31-17-10-7-11-18-31,32-19-12-8-13-20-32)33-21-14-9-15-22-33;/h7-15,17-26H,2-6,16,27-28H2,1H3;1H/q+1;/p-1. The summed E-state index contributed by atoms with van der Waals surface area (Å²) in [6, 6.07) is 42.1. The summed E-state index contributed by atoms with van der Waals surface area (Å²) in [7, 11) is -1.87. The van der Waals surface area contributed by atoms with Gasteiger partial charge in [-0.3, -0.25) is 0 Å². The summed E-state index contributed by atoms with van der Waals surface area (Å²) in [4.78, 5) is 0. The Morgan fingerprint density at radius 3 is 1.44 bits per heavy atom. The molecule has 4 aromatic carbocycles. The van der Waals surface area contributed by atoms with Gasteiger partial charge in [-0.15, -0.1) is 0 Å². The average Bonchev–Trinajstić information content (AvgIpc) is 2.93. The minimum absolute atomic E-state index is 0. The molecule has 36 heavy (non-hydrogen) atoms. The number of unbranched alkanes of at least 4 members (excludes halogenated alkanes) is 5. The molecule has 0 amide bonds. The van der Waals surface area contributed by atoms with Gasteiger partial charge >= 0.3 is 0 Å². The molecule has 0 radical (unpaired) electrons. The first-order chi connectivity index (χ1) is 17.3. The summed E-state index contributed by atoms with van der Waals surface area (Å²) in [5, 5.41) is 4.25. The molecule has 1 nitrogen and oxygen atoms in total. The molecule has 0 atom stereocenters. The molecule has 0 unspecified atom stereocenters. The van der Waals surface area contributed by atoms with Crippen molar-refractivity contribution < 1.29 is 21.7 Å². The molecule has 0 N–H and O–H groups in total. The van der Waals surface area contributed by atoms with E-state index in [1.165, 1.54) is 53.6 Å². The average molecular weight is 562 g/mol. The van der Waals surface area contributed by atoms with E-state index < -0.39 is 7.26 Å². The summed E-state index contributed by atoms with van der Waals surface area (Å²) in [5.74, 6) is 0.977. The van der Waals surface area contributed by atoms with Gasteiger partial charge in [0.15, 0.2) is 0 Å². The quantitative estimate of drug-likeness (QED) is 0.166. The maximum Gasteiger partial charge on any atom is 0.119 e. The first-order valence-electron chi connectivity index (χ1n) is 13.1. The number of hydrogen-bond acceptors (Lipinski definition) is 1. The van der Waals surface area contributed by atoms with Gasteiger partial charge in [0.1, 0.15) is 28.9 Å². The highest BCUT2D eigenvalue weighted by molar-refractivity contribution is 7.95. The van der Waals surface area contributed by atoms with E-state index in [4.69, 9.17) is 4.74 Å². The molecule has 0 bridgehead atoms. The van der Waals surface area contributed by atoms with Crippen LogP contribution in [0.15, 0.2) is 115 Å². The van der Waals surface area contributed by atoms with Crippen LogP contribution >= 0.6 is 7.26 Å². The van der Waals surface area contributed by atoms with Crippen LogP contribution in [0.3, 0.4) is 0 Å². The highest BCUT2D eigenvalue weighted by Gasteiger charge is 2.45. The number of rotatable bonds is 13. The third-order valence-electron chi connectivity index (χ3n) is 6.70. The summed E-state index contributed by atoms with van der Waals surface area (Å²) in [6.07, 6.45) is 8.70. The van der Waals surface area contributed by atoms with Crippen LogP contribution in [-0.4, -0.2) is 6.61 Å². The molecule has 4 rings (SSSR count). The molecule has 0 spiro atoms. The largest absolute Gasteiger partial charge is 1.00 e. The van der Waals surface area contributed by atoms with Crippen LogP contribution < -0.4 is 37.6 Å². The van der Waals surface area contributed by atoms with Crippen LogP contribution in [0.1, 0.15) is 51.0 Å². The van der Waals surface area contributed by atoms with E-state index in [-0.39, 0.29) is 17.0 Å². The Morgan fingerprint density at radius 1 is 0.528 bits per heavy atom. The molecule has 3 heteroatoms. The lowest BCUT2D eigenvalue weighted by atomic mass is 10.1. The summed E-state index contributed by atoms with van der Waals surface area (Å²) < 4.78 is 6.06. The Morgan fingerprint density at radius 2 is 0.972 bits per heavy atom. The maximum absolute atomic E-state index is 6.06. The molecule has 188 valence electrons. The van der Waals surface area contributed by atoms with Gasteiger partial charge in [0.2, 0.25) is 0 Å². The zero-order chi connectivity index (χ0) is 24.2. The monoisotopic (exact) mass is 560 g/mol. The van der Waals surface area contributed by atoms with E-state index in [0.29, 0.717) is 0 Å². The van der Waals surface area contributed by atoms with Crippen LogP contribution in [-0.2, 0) is 6.16 Å². The van der Waals surface area contributed by atoms with Gasteiger partial charge < -0.3 is 21.7 Å². The van der Waals surface area contributed by atoms with Crippen molar-refractivity contribution >= 4 is 23.2 Å². The normalized spacial score (nSPS) is 11.0. The van der Waals surface area contributed by atoms with Crippen molar-refractivity contribution in [2.75, 3.05) is 6.61 Å². The van der Waals surface area contributed by atoms with E-state index >= 15 is 0 Å². The van der Waals surface area contributed by atoms with E-state index in [2.05, 4.69) is 122 Å². The van der Waals surface area contributed by atoms with Crippen LogP contribution in [0, 0.1) is 0 Å². The predicted octanol–water partition coefficient (Wildman–Crippen LogP) is 4.92. The van der Waals surface area contributed by atoms with Crippen LogP contribution in [0.2, 0.25) is 0 Å². The van der Waals surface area contributed by atoms with Gasteiger partial charge in [0, 0.05) is 0 Å². The highest BCUT2D eigenvalue weighted by atomic mass is 79.9. The molecule has 0 aliphatic carbocycles. The molecule has 0 aliphatic heterocycles. The minimum Gasteiger partial charge on any atom is -1.00 e. The molecule has 0 saturated heterocycles. The lowest BCUT2D eigenvalue weighted by Gasteiger charge is -2.28. The highest BCUT2D eigenvalue weighted by Crippen LogP contribution is 2.58. The predicted molar refractivity (Wildman–Crippen MR) is 154 cm³/mol. The SMILES string of the molecule is CCCCCCCCOc1ccc(C[P+](c2ccccc2)(c2ccccc2)c2ccccc2)cc1.[Br-]. The van der Waals surface area contributed by atoms with Crippen molar-refractivity contribution in [3.8, 4) is 5.75 Å². The van der Waals surface area contributed by atoms with E-state index in [9.17, 15) is 0 Å². The van der Waals surface area contributed by atoms with Crippen molar-refractivity contribution in [1.29, 1.82) is 0 Å². The summed E-state index contributed by atoms with van der Waals surface area (Å²) in [6.45, 7) is 3.07. The Kier molecular flexibility index (Phi) is 11.7. The second-order valence-electron chi connectivity index (χ2n) is 9.23. The van der Waals surface area contributed by atoms with Crippen LogP contribution in [0.4, 0.5) is 0 Å². The van der Waals surface area contributed by atoms with Crippen molar-refractivity contribution in [2.45, 2.75) is 51.6 Å². The van der Waals surface area contributed by atoms with Gasteiger partial charge in [-0.25, -0.2) is 0 Å². The summed E-state index contributed by atoms with van der Waals surface area (Å²) >= 11 is 0. The second-order valence-corrected chi connectivity index (χ2v) is 12.7. The Hall–Kier alpha value is -2.41. The fourth-order valence-corrected chi connectivity index (χ4v) is 9.05. The van der Waals surface area contributed by atoms with Crippen LogP contribution in [0.25, 0.3) is 0 Å². The lowest BCUT2D eigenvalue weighted by molar-refractivity contribution is -0.00000751. The van der Waals surface area contributed by atoms with E-state index in [1.54, 1.807) is 0 Å². The Labute approximate surface area is 229 Å². The first-order valence-corrected chi connectivity index (χ1v) is 15.1. The smallest absolute Gasteiger partial charge is 0.119 e. The topological polar surface area (TPSA) is 9.23 Å². The zero-order valence-electron chi connectivity index (χ0n) is 21.4. The third kappa shape index (κ3) is 7.31. The number of hydrogen-bond donors (Lipinski definition) is 0. The molecule has 0 heterocycles. The third-order valence-corrected chi connectivity index (χ3v) is 11.1. The molecular weight excluding hydrogens is 523 g/mol.